The van der Waals surface area contributed by atoms with Crippen molar-refractivity contribution in [2.24, 2.45) is 5.92 Å². The van der Waals surface area contributed by atoms with Crippen molar-refractivity contribution in [1.82, 2.24) is 9.88 Å². The number of likely N-dealkylation sites (N-methyl/N-ethyl adjacent to an activating group) is 1. The highest BCUT2D eigenvalue weighted by atomic mass is 32.1. The third kappa shape index (κ3) is 3.91. The lowest BCUT2D eigenvalue weighted by Gasteiger charge is -2.27. The number of thiophene rings is 1. The summed E-state index contributed by atoms with van der Waals surface area (Å²) in [4.78, 5) is 37.3. The molecule has 1 fully saturated rings. The van der Waals surface area contributed by atoms with Gasteiger partial charge in [-0.15, -0.1) is 22.7 Å². The van der Waals surface area contributed by atoms with Crippen LogP contribution in [0.3, 0.4) is 0 Å². The molecule has 0 radical (unpaired) electrons. The van der Waals surface area contributed by atoms with Crippen LogP contribution in [0.15, 0.2) is 41.8 Å². The van der Waals surface area contributed by atoms with Gasteiger partial charge in [0.1, 0.15) is 0 Å². The van der Waals surface area contributed by atoms with Gasteiger partial charge in [-0.2, -0.15) is 0 Å². The Kier molecular flexibility index (Phi) is 5.37. The van der Waals surface area contributed by atoms with Crippen LogP contribution in [-0.4, -0.2) is 35.3 Å². The Morgan fingerprint density at radius 3 is 2.77 bits per heavy atom. The van der Waals surface area contributed by atoms with Crippen LogP contribution in [0.1, 0.15) is 33.5 Å². The highest BCUT2D eigenvalue weighted by Gasteiger charge is 2.46. The maximum atomic E-state index is 13.3. The van der Waals surface area contributed by atoms with Crippen molar-refractivity contribution < 1.29 is 9.59 Å². The fourth-order valence-corrected chi connectivity index (χ4v) is 6.31. The largest absolute Gasteiger partial charge is 0.303 e. The molecule has 8 heteroatoms. The molecule has 0 bridgehead atoms. The molecular formula is C23H24N4O2S2. The molecule has 0 unspecified atom stereocenters. The van der Waals surface area contributed by atoms with Gasteiger partial charge in [0.15, 0.2) is 5.13 Å². The summed E-state index contributed by atoms with van der Waals surface area (Å²) in [7, 11) is 2.09. The first-order chi connectivity index (χ1) is 15.0. The van der Waals surface area contributed by atoms with Crippen LogP contribution in [0.4, 0.5) is 10.8 Å². The number of carbonyl (C=O) groups excluding carboxylic acids is 2. The number of fused-ring (bicyclic) bond motifs is 1. The first kappa shape index (κ1) is 20.4. The van der Waals surface area contributed by atoms with Crippen LogP contribution in [0.25, 0.3) is 0 Å². The molecule has 1 aromatic carbocycles. The molecule has 0 aliphatic carbocycles. The fourth-order valence-electron chi connectivity index (χ4n) is 4.34. The quantitative estimate of drug-likeness (QED) is 0.643. The van der Waals surface area contributed by atoms with E-state index in [0.29, 0.717) is 5.13 Å². The predicted octanol–water partition coefficient (Wildman–Crippen LogP) is 4.23. The van der Waals surface area contributed by atoms with Gasteiger partial charge in [-0.1, -0.05) is 23.8 Å². The molecule has 5 rings (SSSR count). The summed E-state index contributed by atoms with van der Waals surface area (Å²) in [5.74, 6) is -0.626. The molecule has 2 amide bonds. The second-order valence-corrected chi connectivity index (χ2v) is 10.3. The summed E-state index contributed by atoms with van der Waals surface area (Å²) in [5, 5.41) is 5.65. The van der Waals surface area contributed by atoms with E-state index in [0.717, 1.165) is 41.3 Å². The number of aromatic nitrogens is 1. The van der Waals surface area contributed by atoms with E-state index < -0.39 is 5.92 Å². The smallest absolute Gasteiger partial charge is 0.232 e. The fraction of sp³-hybridized carbons (Fsp3) is 0.348. The molecule has 2 aliphatic heterocycles. The van der Waals surface area contributed by atoms with Gasteiger partial charge in [-0.25, -0.2) is 4.98 Å². The number of carbonyl (C=O) groups is 2. The number of aryl methyl sites for hydroxylation is 1. The van der Waals surface area contributed by atoms with E-state index in [1.807, 2.05) is 48.7 Å². The number of anilines is 2. The number of amides is 2. The third-order valence-corrected chi connectivity index (χ3v) is 7.90. The highest BCUT2D eigenvalue weighted by molar-refractivity contribution is 7.15. The minimum absolute atomic E-state index is 0.0255. The second-order valence-electron chi connectivity index (χ2n) is 8.24. The Morgan fingerprint density at radius 2 is 2.03 bits per heavy atom. The standard InChI is InChI=1S/C23H24N4O2S2/c1-14-5-7-15(8-6-14)27-20(28)12-16(21(27)18-4-3-11-30-18)22(29)25-23-24-17-9-10-26(2)13-19(17)31-23/h3-8,11,16,21H,9-10,12-13H2,1-2H3,(H,24,25,29)/t16-,21+/m1/s1. The second kappa shape index (κ2) is 8.18. The van der Waals surface area contributed by atoms with Crippen molar-refractivity contribution in [3.63, 3.8) is 0 Å². The Hall–Kier alpha value is -2.55. The third-order valence-electron chi connectivity index (χ3n) is 5.96. The Balaban J connectivity index is 1.43. The summed E-state index contributed by atoms with van der Waals surface area (Å²) >= 11 is 3.12. The zero-order valence-electron chi connectivity index (χ0n) is 17.5. The van der Waals surface area contributed by atoms with E-state index in [9.17, 15) is 9.59 Å². The first-order valence-electron chi connectivity index (χ1n) is 10.4. The summed E-state index contributed by atoms with van der Waals surface area (Å²) in [6.07, 6.45) is 1.09. The number of rotatable bonds is 4. The van der Waals surface area contributed by atoms with Gasteiger partial charge in [-0.3, -0.25) is 9.59 Å². The number of hydrogen-bond acceptors (Lipinski definition) is 6. The van der Waals surface area contributed by atoms with Crippen LogP contribution in [0.2, 0.25) is 0 Å². The molecule has 1 N–H and O–H groups in total. The van der Waals surface area contributed by atoms with Crippen LogP contribution in [-0.2, 0) is 22.6 Å². The highest BCUT2D eigenvalue weighted by Crippen LogP contribution is 2.43. The lowest BCUT2D eigenvalue weighted by atomic mass is 9.97. The van der Waals surface area contributed by atoms with Crippen molar-refractivity contribution >= 4 is 45.3 Å². The zero-order chi connectivity index (χ0) is 21.5. The number of nitrogens with one attached hydrogen (secondary N) is 1. The lowest BCUT2D eigenvalue weighted by Crippen LogP contribution is -2.32. The van der Waals surface area contributed by atoms with Gasteiger partial charge in [0.25, 0.3) is 0 Å². The molecule has 0 spiro atoms. The van der Waals surface area contributed by atoms with Crippen LogP contribution in [0, 0.1) is 12.8 Å². The van der Waals surface area contributed by atoms with E-state index in [-0.39, 0.29) is 24.3 Å². The minimum Gasteiger partial charge on any atom is -0.303 e. The summed E-state index contributed by atoms with van der Waals surface area (Å²) in [5.41, 5.74) is 3.05. The van der Waals surface area contributed by atoms with Gasteiger partial charge in [0, 0.05) is 41.4 Å². The number of nitrogens with zero attached hydrogens (tertiary/aromatic N) is 3. The van der Waals surface area contributed by atoms with Gasteiger partial charge >= 0.3 is 0 Å². The summed E-state index contributed by atoms with van der Waals surface area (Å²) in [6, 6.07) is 11.6. The normalized spacial score (nSPS) is 21.4. The van der Waals surface area contributed by atoms with Crippen LogP contribution >= 0.6 is 22.7 Å². The Bertz CT molecular complexity index is 1110. The van der Waals surface area contributed by atoms with Gasteiger partial charge in [0.05, 0.1) is 17.7 Å². The summed E-state index contributed by atoms with van der Waals surface area (Å²) in [6.45, 7) is 3.87. The molecule has 160 valence electrons. The van der Waals surface area contributed by atoms with Gasteiger partial charge in [-0.05, 0) is 37.6 Å². The molecule has 2 aliphatic rings. The van der Waals surface area contributed by atoms with Crippen LogP contribution < -0.4 is 10.2 Å². The van der Waals surface area contributed by atoms with E-state index >= 15 is 0 Å². The predicted molar refractivity (Wildman–Crippen MR) is 125 cm³/mol. The Labute approximate surface area is 189 Å². The van der Waals surface area contributed by atoms with Crippen molar-refractivity contribution in [1.29, 1.82) is 0 Å². The summed E-state index contributed by atoms with van der Waals surface area (Å²) < 4.78 is 0. The van der Waals surface area contributed by atoms with E-state index in [1.165, 1.54) is 4.88 Å². The van der Waals surface area contributed by atoms with Gasteiger partial charge < -0.3 is 15.1 Å². The van der Waals surface area contributed by atoms with E-state index in [2.05, 4.69) is 22.2 Å². The number of thiazole rings is 1. The maximum absolute atomic E-state index is 13.3. The van der Waals surface area contributed by atoms with E-state index in [4.69, 9.17) is 0 Å². The molecule has 4 heterocycles. The lowest BCUT2D eigenvalue weighted by molar-refractivity contribution is -0.122. The molecule has 2 aromatic heterocycles. The number of benzene rings is 1. The average Bonchev–Trinajstić information content (AvgIpc) is 3.46. The molecular weight excluding hydrogens is 428 g/mol. The molecule has 0 saturated carbocycles. The molecule has 31 heavy (non-hydrogen) atoms. The molecule has 2 atom stereocenters. The van der Waals surface area contributed by atoms with Crippen molar-refractivity contribution in [3.8, 4) is 0 Å². The SMILES string of the molecule is Cc1ccc(N2C(=O)C[C@@H](C(=O)Nc3nc4c(s3)CN(C)CC4)[C@H]2c2cccs2)cc1. The number of hydrogen-bond donors (Lipinski definition) is 1. The topological polar surface area (TPSA) is 65.5 Å². The first-order valence-corrected chi connectivity index (χ1v) is 12.1. The average molecular weight is 453 g/mol. The van der Waals surface area contributed by atoms with Gasteiger partial charge in [0.2, 0.25) is 11.8 Å². The molecule has 1 saturated heterocycles. The van der Waals surface area contributed by atoms with Crippen molar-refractivity contribution in [2.75, 3.05) is 23.8 Å². The zero-order valence-corrected chi connectivity index (χ0v) is 19.1. The minimum atomic E-state index is -0.462. The molecule has 3 aromatic rings. The Morgan fingerprint density at radius 1 is 1.23 bits per heavy atom. The van der Waals surface area contributed by atoms with E-state index in [1.54, 1.807) is 27.6 Å². The molecule has 6 nitrogen and oxygen atoms in total. The monoisotopic (exact) mass is 452 g/mol. The van der Waals surface area contributed by atoms with Crippen molar-refractivity contribution in [3.05, 3.63) is 62.8 Å². The maximum Gasteiger partial charge on any atom is 0.232 e. The van der Waals surface area contributed by atoms with Crippen LogP contribution in [0.5, 0.6) is 0 Å². The van der Waals surface area contributed by atoms with Crippen molar-refractivity contribution in [2.45, 2.75) is 32.4 Å².